The third-order valence-electron chi connectivity index (χ3n) is 2.07. The average Bonchev–Trinajstić information content (AvgIpc) is 2.88. The largest absolute Gasteiger partial charge is 0.345 e. The second kappa shape index (κ2) is 2.92. The fraction of sp³-hybridized carbons (Fsp3) is 0. The number of nitrogens with one attached hydrogen (secondary N) is 1. The van der Waals surface area contributed by atoms with Crippen LogP contribution in [-0.2, 0) is 0 Å². The Balaban J connectivity index is 2.23. The zero-order valence-corrected chi connectivity index (χ0v) is 8.08. The molecule has 0 bridgehead atoms. The molecule has 0 spiro atoms. The molecule has 3 heterocycles. The molecule has 0 fully saturated rings. The van der Waals surface area contributed by atoms with E-state index in [4.69, 9.17) is 0 Å². The van der Waals surface area contributed by atoms with Crippen molar-refractivity contribution in [1.82, 2.24) is 15.0 Å². The van der Waals surface area contributed by atoms with Crippen molar-refractivity contribution in [3.8, 4) is 11.4 Å². The van der Waals surface area contributed by atoms with Crippen LogP contribution in [0.3, 0.4) is 0 Å². The number of pyridine rings is 1. The molecule has 3 rings (SSSR count). The summed E-state index contributed by atoms with van der Waals surface area (Å²) < 4.78 is 1.19. The van der Waals surface area contributed by atoms with Crippen molar-refractivity contribution in [3.63, 3.8) is 0 Å². The van der Waals surface area contributed by atoms with Gasteiger partial charge in [0.1, 0.15) is 5.82 Å². The third kappa shape index (κ3) is 1.12. The molecule has 0 aliphatic carbocycles. The third-order valence-corrected chi connectivity index (χ3v) is 2.93. The van der Waals surface area contributed by atoms with Gasteiger partial charge in [-0.2, -0.15) is 0 Å². The van der Waals surface area contributed by atoms with Crippen LogP contribution in [0.5, 0.6) is 0 Å². The van der Waals surface area contributed by atoms with Gasteiger partial charge in [-0.3, -0.25) is 4.98 Å². The summed E-state index contributed by atoms with van der Waals surface area (Å²) >= 11 is 1.69. The van der Waals surface area contributed by atoms with Crippen molar-refractivity contribution in [2.24, 2.45) is 0 Å². The fourth-order valence-corrected chi connectivity index (χ4v) is 2.18. The summed E-state index contributed by atoms with van der Waals surface area (Å²) in [6.07, 6.45) is 5.40. The standard InChI is InChI=1S/C10H7N3S/c1-4-14-9-5-7(6-13-8(1)9)10-11-2-3-12-10/h1-6H,(H,11,12). The van der Waals surface area contributed by atoms with Gasteiger partial charge in [0.05, 0.1) is 10.2 Å². The van der Waals surface area contributed by atoms with Crippen LogP contribution >= 0.6 is 11.3 Å². The Kier molecular flexibility index (Phi) is 1.61. The first-order valence-electron chi connectivity index (χ1n) is 4.26. The molecule has 0 unspecified atom stereocenters. The molecular weight excluding hydrogens is 194 g/mol. The maximum atomic E-state index is 4.35. The number of imidazole rings is 1. The quantitative estimate of drug-likeness (QED) is 0.657. The van der Waals surface area contributed by atoms with E-state index in [-0.39, 0.29) is 0 Å². The van der Waals surface area contributed by atoms with Gasteiger partial charge in [0.15, 0.2) is 0 Å². The lowest BCUT2D eigenvalue weighted by molar-refractivity contribution is 1.29. The van der Waals surface area contributed by atoms with Crippen LogP contribution < -0.4 is 0 Å². The van der Waals surface area contributed by atoms with Crippen molar-refractivity contribution in [2.45, 2.75) is 0 Å². The number of aromatic amines is 1. The van der Waals surface area contributed by atoms with E-state index in [1.807, 2.05) is 23.8 Å². The SMILES string of the molecule is c1c[nH]c(-c2cnc3ccsc3c2)n1. The number of thiophene rings is 1. The van der Waals surface area contributed by atoms with Gasteiger partial charge in [-0.05, 0) is 17.5 Å². The van der Waals surface area contributed by atoms with E-state index < -0.39 is 0 Å². The number of hydrogen-bond acceptors (Lipinski definition) is 3. The Morgan fingerprint density at radius 2 is 2.29 bits per heavy atom. The zero-order valence-electron chi connectivity index (χ0n) is 7.27. The monoisotopic (exact) mass is 201 g/mol. The molecule has 1 N–H and O–H groups in total. The van der Waals surface area contributed by atoms with Gasteiger partial charge >= 0.3 is 0 Å². The van der Waals surface area contributed by atoms with Crippen LogP contribution in [0, 0.1) is 0 Å². The van der Waals surface area contributed by atoms with Crippen molar-refractivity contribution < 1.29 is 0 Å². The van der Waals surface area contributed by atoms with E-state index in [2.05, 4.69) is 21.0 Å². The van der Waals surface area contributed by atoms with Crippen LogP contribution in [0.4, 0.5) is 0 Å². The normalized spacial score (nSPS) is 10.9. The molecule has 0 radical (unpaired) electrons. The van der Waals surface area contributed by atoms with Crippen molar-refractivity contribution >= 4 is 21.6 Å². The van der Waals surface area contributed by atoms with E-state index in [0.717, 1.165) is 16.9 Å². The summed E-state index contributed by atoms with van der Waals surface area (Å²) in [4.78, 5) is 11.6. The minimum absolute atomic E-state index is 0.868. The molecule has 0 saturated carbocycles. The highest BCUT2D eigenvalue weighted by molar-refractivity contribution is 7.17. The molecule has 68 valence electrons. The smallest absolute Gasteiger partial charge is 0.138 e. The first kappa shape index (κ1) is 7.70. The summed E-state index contributed by atoms with van der Waals surface area (Å²) in [6.45, 7) is 0. The van der Waals surface area contributed by atoms with Crippen LogP contribution in [0.1, 0.15) is 0 Å². The Morgan fingerprint density at radius 3 is 3.14 bits per heavy atom. The molecule has 0 amide bonds. The Hall–Kier alpha value is -1.68. The van der Waals surface area contributed by atoms with Crippen molar-refractivity contribution in [3.05, 3.63) is 36.1 Å². The van der Waals surface area contributed by atoms with E-state index in [9.17, 15) is 0 Å². The highest BCUT2D eigenvalue weighted by Crippen LogP contribution is 2.23. The van der Waals surface area contributed by atoms with Crippen LogP contribution in [0.2, 0.25) is 0 Å². The molecule has 0 atom stereocenters. The van der Waals surface area contributed by atoms with E-state index in [1.165, 1.54) is 4.70 Å². The molecule has 14 heavy (non-hydrogen) atoms. The number of rotatable bonds is 1. The van der Waals surface area contributed by atoms with Gasteiger partial charge in [0.2, 0.25) is 0 Å². The molecule has 0 aromatic carbocycles. The van der Waals surface area contributed by atoms with E-state index >= 15 is 0 Å². The van der Waals surface area contributed by atoms with Crippen molar-refractivity contribution in [1.29, 1.82) is 0 Å². The number of fused-ring (bicyclic) bond motifs is 1. The van der Waals surface area contributed by atoms with Gasteiger partial charge < -0.3 is 4.98 Å². The zero-order chi connectivity index (χ0) is 9.38. The number of H-pyrrole nitrogens is 1. The summed E-state index contributed by atoms with van der Waals surface area (Å²) in [6, 6.07) is 4.12. The maximum absolute atomic E-state index is 4.35. The molecular formula is C10H7N3S. The van der Waals surface area contributed by atoms with Gasteiger partial charge in [0.25, 0.3) is 0 Å². The molecule has 0 saturated heterocycles. The van der Waals surface area contributed by atoms with Crippen LogP contribution in [0.15, 0.2) is 36.1 Å². The first-order chi connectivity index (χ1) is 6.93. The predicted molar refractivity (Wildman–Crippen MR) is 57.2 cm³/mol. The van der Waals surface area contributed by atoms with Crippen LogP contribution in [0.25, 0.3) is 21.6 Å². The lowest BCUT2D eigenvalue weighted by Crippen LogP contribution is -1.81. The van der Waals surface area contributed by atoms with Crippen LogP contribution in [-0.4, -0.2) is 15.0 Å². The van der Waals surface area contributed by atoms with Gasteiger partial charge in [0, 0.05) is 24.2 Å². The lowest BCUT2D eigenvalue weighted by Gasteiger charge is -1.95. The minimum Gasteiger partial charge on any atom is -0.345 e. The first-order valence-corrected chi connectivity index (χ1v) is 5.14. The minimum atomic E-state index is 0.868. The summed E-state index contributed by atoms with van der Waals surface area (Å²) in [5, 5.41) is 2.05. The Bertz CT molecular complexity index is 554. The van der Waals surface area contributed by atoms with E-state index in [0.29, 0.717) is 0 Å². The average molecular weight is 201 g/mol. The molecule has 0 aliphatic heterocycles. The molecule has 0 aliphatic rings. The fourth-order valence-electron chi connectivity index (χ4n) is 1.40. The van der Waals surface area contributed by atoms with Crippen molar-refractivity contribution in [2.75, 3.05) is 0 Å². The molecule has 3 nitrogen and oxygen atoms in total. The molecule has 3 aromatic rings. The number of hydrogen-bond donors (Lipinski definition) is 1. The van der Waals surface area contributed by atoms with Gasteiger partial charge in [-0.1, -0.05) is 0 Å². The lowest BCUT2D eigenvalue weighted by atomic mass is 10.2. The molecule has 4 heteroatoms. The number of nitrogens with zero attached hydrogens (tertiary/aromatic N) is 2. The number of aromatic nitrogens is 3. The highest BCUT2D eigenvalue weighted by atomic mass is 32.1. The van der Waals surface area contributed by atoms with E-state index in [1.54, 1.807) is 17.5 Å². The predicted octanol–water partition coefficient (Wildman–Crippen LogP) is 2.69. The summed E-state index contributed by atoms with van der Waals surface area (Å²) in [7, 11) is 0. The Morgan fingerprint density at radius 1 is 1.29 bits per heavy atom. The molecule has 3 aromatic heterocycles. The second-order valence-electron chi connectivity index (χ2n) is 2.97. The topological polar surface area (TPSA) is 41.6 Å². The Labute approximate surface area is 84.5 Å². The highest BCUT2D eigenvalue weighted by Gasteiger charge is 2.02. The maximum Gasteiger partial charge on any atom is 0.138 e. The summed E-state index contributed by atoms with van der Waals surface area (Å²) in [5.41, 5.74) is 2.08. The van der Waals surface area contributed by atoms with Gasteiger partial charge in [-0.25, -0.2) is 4.98 Å². The summed E-state index contributed by atoms with van der Waals surface area (Å²) in [5.74, 6) is 0.868. The second-order valence-corrected chi connectivity index (χ2v) is 3.91. The van der Waals surface area contributed by atoms with Gasteiger partial charge in [-0.15, -0.1) is 11.3 Å².